The van der Waals surface area contributed by atoms with Crippen LogP contribution in [0.5, 0.6) is 5.75 Å². The molecule has 0 aliphatic rings. The summed E-state index contributed by atoms with van der Waals surface area (Å²) in [7, 11) is 3.39. The van der Waals surface area contributed by atoms with Gasteiger partial charge >= 0.3 is 0 Å². The number of rotatable bonds is 8. The molecule has 2 aromatic carbocycles. The molecule has 0 bridgehead atoms. The lowest BCUT2D eigenvalue weighted by molar-refractivity contribution is -0.119. The first-order chi connectivity index (χ1) is 12.1. The maximum absolute atomic E-state index is 12.1. The molecule has 0 radical (unpaired) electrons. The van der Waals surface area contributed by atoms with Crippen LogP contribution in [0.3, 0.4) is 0 Å². The second-order valence-corrected chi connectivity index (χ2v) is 5.68. The van der Waals surface area contributed by atoms with Gasteiger partial charge in [-0.05, 0) is 31.3 Å². The number of likely N-dealkylation sites (N-methyl/N-ethyl adjacent to an activating group) is 1. The fraction of sp³-hybridized carbons (Fsp3) is 0.263. The van der Waals surface area contributed by atoms with Crippen LogP contribution in [0.25, 0.3) is 0 Å². The summed E-state index contributed by atoms with van der Waals surface area (Å²) in [5, 5.41) is 5.64. The summed E-state index contributed by atoms with van der Waals surface area (Å²) in [6.45, 7) is 0.694. The summed E-state index contributed by atoms with van der Waals surface area (Å²) in [6.07, 6.45) is 0.317. The molecule has 0 heterocycles. The third-order valence-electron chi connectivity index (χ3n) is 3.55. The number of methoxy groups -OCH3 is 1. The fourth-order valence-corrected chi connectivity index (χ4v) is 2.26. The van der Waals surface area contributed by atoms with Gasteiger partial charge in [0.1, 0.15) is 5.75 Å². The highest BCUT2D eigenvalue weighted by molar-refractivity contribution is 5.93. The van der Waals surface area contributed by atoms with E-state index in [0.29, 0.717) is 24.4 Å². The van der Waals surface area contributed by atoms with E-state index >= 15 is 0 Å². The van der Waals surface area contributed by atoms with Gasteiger partial charge in [-0.3, -0.25) is 14.5 Å². The lowest BCUT2D eigenvalue weighted by Gasteiger charge is -2.16. The van der Waals surface area contributed by atoms with Crippen molar-refractivity contribution >= 4 is 23.2 Å². The molecular weight excluding hydrogens is 318 g/mol. The SMILES string of the molecule is COc1cccc(NC(=O)CN(C)CCC(=O)Nc2ccccc2)c1. The maximum atomic E-state index is 12.1. The molecule has 0 atom stereocenters. The van der Waals surface area contributed by atoms with Crippen LogP contribution < -0.4 is 15.4 Å². The molecule has 2 rings (SSSR count). The van der Waals surface area contributed by atoms with Gasteiger partial charge < -0.3 is 15.4 Å². The lowest BCUT2D eigenvalue weighted by atomic mass is 10.3. The Bertz CT molecular complexity index is 704. The molecule has 0 unspecified atom stereocenters. The smallest absolute Gasteiger partial charge is 0.238 e. The summed E-state index contributed by atoms with van der Waals surface area (Å²) in [4.78, 5) is 25.8. The van der Waals surface area contributed by atoms with Crippen LogP contribution in [0.15, 0.2) is 54.6 Å². The molecule has 6 nitrogen and oxygen atoms in total. The molecule has 2 aromatic rings. The Morgan fingerprint density at radius 3 is 2.36 bits per heavy atom. The number of benzene rings is 2. The Labute approximate surface area is 147 Å². The lowest BCUT2D eigenvalue weighted by Crippen LogP contribution is -2.32. The van der Waals surface area contributed by atoms with E-state index < -0.39 is 0 Å². The largest absolute Gasteiger partial charge is 0.497 e. The van der Waals surface area contributed by atoms with Crippen molar-refractivity contribution in [1.29, 1.82) is 0 Å². The van der Waals surface area contributed by atoms with E-state index in [1.54, 1.807) is 31.2 Å². The molecule has 6 heteroatoms. The first kappa shape index (κ1) is 18.5. The molecule has 0 aromatic heterocycles. The molecule has 2 amide bonds. The molecule has 25 heavy (non-hydrogen) atoms. The summed E-state index contributed by atoms with van der Waals surface area (Å²) in [5.41, 5.74) is 1.45. The molecule has 0 fully saturated rings. The van der Waals surface area contributed by atoms with Crippen molar-refractivity contribution in [1.82, 2.24) is 4.90 Å². The van der Waals surface area contributed by atoms with Crippen molar-refractivity contribution in [3.8, 4) is 5.75 Å². The Balaban J connectivity index is 1.72. The number of carbonyl (C=O) groups is 2. The first-order valence-corrected chi connectivity index (χ1v) is 8.04. The van der Waals surface area contributed by atoms with Gasteiger partial charge in [0, 0.05) is 30.4 Å². The van der Waals surface area contributed by atoms with E-state index in [1.165, 1.54) is 0 Å². The molecular formula is C19H23N3O3. The molecule has 0 aliphatic heterocycles. The predicted molar refractivity (Wildman–Crippen MR) is 98.8 cm³/mol. The van der Waals surface area contributed by atoms with Crippen molar-refractivity contribution in [3.63, 3.8) is 0 Å². The zero-order valence-corrected chi connectivity index (χ0v) is 14.5. The predicted octanol–water partition coefficient (Wildman–Crippen LogP) is 2.59. The van der Waals surface area contributed by atoms with Crippen LogP contribution in [-0.4, -0.2) is 44.0 Å². The van der Waals surface area contributed by atoms with E-state index in [0.717, 1.165) is 5.69 Å². The monoisotopic (exact) mass is 341 g/mol. The molecule has 0 aliphatic carbocycles. The average molecular weight is 341 g/mol. The van der Waals surface area contributed by atoms with E-state index in [-0.39, 0.29) is 18.4 Å². The van der Waals surface area contributed by atoms with Crippen LogP contribution in [-0.2, 0) is 9.59 Å². The molecule has 0 spiro atoms. The highest BCUT2D eigenvalue weighted by Crippen LogP contribution is 2.16. The third-order valence-corrected chi connectivity index (χ3v) is 3.55. The number of ether oxygens (including phenoxy) is 1. The number of anilines is 2. The number of nitrogens with one attached hydrogen (secondary N) is 2. The second kappa shape index (κ2) is 9.44. The van der Waals surface area contributed by atoms with Gasteiger partial charge in [0.05, 0.1) is 13.7 Å². The Kier molecular flexibility index (Phi) is 6.98. The van der Waals surface area contributed by atoms with E-state index in [1.807, 2.05) is 42.5 Å². The quantitative estimate of drug-likeness (QED) is 0.774. The summed E-state index contributed by atoms with van der Waals surface area (Å²) in [6, 6.07) is 16.5. The van der Waals surface area contributed by atoms with Crippen molar-refractivity contribution in [2.45, 2.75) is 6.42 Å². The van der Waals surface area contributed by atoms with Gasteiger partial charge in [-0.1, -0.05) is 24.3 Å². The first-order valence-electron chi connectivity index (χ1n) is 8.04. The number of hydrogen-bond acceptors (Lipinski definition) is 4. The molecule has 132 valence electrons. The summed E-state index contributed by atoms with van der Waals surface area (Å²) in [5.74, 6) is 0.467. The highest BCUT2D eigenvalue weighted by Gasteiger charge is 2.10. The van der Waals surface area contributed by atoms with E-state index in [4.69, 9.17) is 4.74 Å². The zero-order valence-electron chi connectivity index (χ0n) is 14.5. The highest BCUT2D eigenvalue weighted by atomic mass is 16.5. The standard InChI is InChI=1S/C19H23N3O3/c1-22(12-11-18(23)20-15-7-4-3-5-8-15)14-19(24)21-16-9-6-10-17(13-16)25-2/h3-10,13H,11-12,14H2,1-2H3,(H,20,23)(H,21,24). The minimum absolute atomic E-state index is 0.0775. The number of hydrogen-bond donors (Lipinski definition) is 2. The molecule has 0 saturated carbocycles. The van der Waals surface area contributed by atoms with Crippen LogP contribution >= 0.6 is 0 Å². The number of para-hydroxylation sites is 1. The van der Waals surface area contributed by atoms with Crippen molar-refractivity contribution in [2.75, 3.05) is 37.9 Å². The van der Waals surface area contributed by atoms with Crippen LogP contribution in [0.2, 0.25) is 0 Å². The van der Waals surface area contributed by atoms with Crippen LogP contribution in [0.4, 0.5) is 11.4 Å². The fourth-order valence-electron chi connectivity index (χ4n) is 2.26. The van der Waals surface area contributed by atoms with Gasteiger partial charge in [0.2, 0.25) is 11.8 Å². The second-order valence-electron chi connectivity index (χ2n) is 5.68. The number of amides is 2. The third kappa shape index (κ3) is 6.64. The average Bonchev–Trinajstić information content (AvgIpc) is 2.61. The van der Waals surface area contributed by atoms with Gasteiger partial charge in [-0.2, -0.15) is 0 Å². The Morgan fingerprint density at radius 1 is 0.960 bits per heavy atom. The Morgan fingerprint density at radius 2 is 1.64 bits per heavy atom. The minimum Gasteiger partial charge on any atom is -0.497 e. The van der Waals surface area contributed by atoms with Crippen molar-refractivity contribution < 1.29 is 14.3 Å². The topological polar surface area (TPSA) is 70.7 Å². The van der Waals surface area contributed by atoms with Crippen LogP contribution in [0.1, 0.15) is 6.42 Å². The van der Waals surface area contributed by atoms with Crippen molar-refractivity contribution in [3.05, 3.63) is 54.6 Å². The summed E-state index contributed by atoms with van der Waals surface area (Å²) >= 11 is 0. The number of carbonyl (C=O) groups excluding carboxylic acids is 2. The molecule has 0 saturated heterocycles. The minimum atomic E-state index is -0.140. The number of nitrogens with zero attached hydrogens (tertiary/aromatic N) is 1. The van der Waals surface area contributed by atoms with E-state index in [9.17, 15) is 9.59 Å². The van der Waals surface area contributed by atoms with E-state index in [2.05, 4.69) is 10.6 Å². The normalized spacial score (nSPS) is 10.4. The Hall–Kier alpha value is -2.86. The maximum Gasteiger partial charge on any atom is 0.238 e. The van der Waals surface area contributed by atoms with Gasteiger partial charge in [0.25, 0.3) is 0 Å². The van der Waals surface area contributed by atoms with Crippen LogP contribution in [0, 0.1) is 0 Å². The van der Waals surface area contributed by atoms with Crippen molar-refractivity contribution in [2.24, 2.45) is 0 Å². The molecule has 2 N–H and O–H groups in total. The zero-order chi connectivity index (χ0) is 18.1. The summed E-state index contributed by atoms with van der Waals surface area (Å²) < 4.78 is 5.13. The van der Waals surface area contributed by atoms with Gasteiger partial charge in [0.15, 0.2) is 0 Å². The van der Waals surface area contributed by atoms with Gasteiger partial charge in [-0.25, -0.2) is 0 Å². The van der Waals surface area contributed by atoms with Gasteiger partial charge in [-0.15, -0.1) is 0 Å².